The fourth-order valence-electron chi connectivity index (χ4n) is 2.81. The number of carbonyl (C=O) groups excluding carboxylic acids is 1. The molecule has 0 radical (unpaired) electrons. The van der Waals surface area contributed by atoms with Crippen molar-refractivity contribution in [1.29, 1.82) is 0 Å². The van der Waals surface area contributed by atoms with Gasteiger partial charge in [-0.25, -0.2) is 8.42 Å². The lowest BCUT2D eigenvalue weighted by atomic mass is 10.2. The van der Waals surface area contributed by atoms with Crippen molar-refractivity contribution < 1.29 is 27.4 Å². The molecule has 2 rings (SSSR count). The van der Waals surface area contributed by atoms with Crippen molar-refractivity contribution in [3.63, 3.8) is 0 Å². The third-order valence-electron chi connectivity index (χ3n) is 4.47. The molecule has 1 aliphatic heterocycles. The largest absolute Gasteiger partial charge is 0.459 e. The second-order valence-corrected chi connectivity index (χ2v) is 11.3. The van der Waals surface area contributed by atoms with Crippen LogP contribution in [0.15, 0.2) is 0 Å². The summed E-state index contributed by atoms with van der Waals surface area (Å²) in [4.78, 5) is 12.5. The Labute approximate surface area is 145 Å². The monoisotopic (exact) mass is 362 g/mol. The zero-order valence-corrected chi connectivity index (χ0v) is 16.2. The van der Waals surface area contributed by atoms with Crippen molar-refractivity contribution in [3.8, 4) is 0 Å². The summed E-state index contributed by atoms with van der Waals surface area (Å²) in [6.07, 6.45) is 3.06. The SMILES string of the molecule is CC(C)(C)OC(=O)C1(S(=O)(=O)C(C)(C)COC2CCCCO2)CC1. The maximum Gasteiger partial charge on any atom is 0.328 e. The Kier molecular flexibility index (Phi) is 5.39. The molecule has 0 amide bonds. The summed E-state index contributed by atoms with van der Waals surface area (Å²) in [5.74, 6) is -0.642. The Morgan fingerprint density at radius 3 is 2.25 bits per heavy atom. The van der Waals surface area contributed by atoms with Gasteiger partial charge < -0.3 is 14.2 Å². The number of sulfone groups is 1. The Morgan fingerprint density at radius 2 is 1.79 bits per heavy atom. The molecule has 2 aliphatic rings. The minimum Gasteiger partial charge on any atom is -0.459 e. The molecule has 1 saturated carbocycles. The first-order valence-electron chi connectivity index (χ1n) is 8.62. The van der Waals surface area contributed by atoms with Crippen LogP contribution in [0.3, 0.4) is 0 Å². The third-order valence-corrected chi connectivity index (χ3v) is 7.65. The molecule has 0 bridgehead atoms. The maximum atomic E-state index is 13.1. The highest BCUT2D eigenvalue weighted by Gasteiger charge is 2.66. The Balaban J connectivity index is 2.08. The molecule has 1 unspecified atom stereocenters. The third kappa shape index (κ3) is 3.94. The molecule has 6 nitrogen and oxygen atoms in total. The van der Waals surface area contributed by atoms with E-state index < -0.39 is 30.9 Å². The molecule has 24 heavy (non-hydrogen) atoms. The van der Waals surface area contributed by atoms with E-state index in [2.05, 4.69) is 0 Å². The van der Waals surface area contributed by atoms with Crippen LogP contribution in [0.1, 0.15) is 66.7 Å². The van der Waals surface area contributed by atoms with E-state index in [4.69, 9.17) is 14.2 Å². The molecule has 1 heterocycles. The number of rotatable bonds is 6. The van der Waals surface area contributed by atoms with Gasteiger partial charge in [-0.1, -0.05) is 0 Å². The minimum atomic E-state index is -3.75. The topological polar surface area (TPSA) is 78.9 Å². The van der Waals surface area contributed by atoms with Crippen molar-refractivity contribution in [2.75, 3.05) is 13.2 Å². The van der Waals surface area contributed by atoms with Gasteiger partial charge in [0.05, 0.1) is 11.4 Å². The second-order valence-electron chi connectivity index (χ2n) is 8.37. The standard InChI is InChI=1S/C17H30O6S/c1-15(2,3)23-14(18)17(9-10-17)24(19,20)16(4,5)12-22-13-8-6-7-11-21-13/h13H,6-12H2,1-5H3. The summed E-state index contributed by atoms with van der Waals surface area (Å²) in [5, 5.41) is 0. The number of hydrogen-bond acceptors (Lipinski definition) is 6. The Hall–Kier alpha value is -0.660. The first-order valence-corrected chi connectivity index (χ1v) is 10.1. The zero-order valence-electron chi connectivity index (χ0n) is 15.4. The molecule has 0 N–H and O–H groups in total. The first-order chi connectivity index (χ1) is 10.9. The Morgan fingerprint density at radius 1 is 1.17 bits per heavy atom. The predicted octanol–water partition coefficient (Wildman–Crippen LogP) is 2.60. The van der Waals surface area contributed by atoms with Crippen molar-refractivity contribution >= 4 is 15.8 Å². The first kappa shape index (κ1) is 19.7. The molecule has 1 atom stereocenters. The van der Waals surface area contributed by atoms with Gasteiger partial charge in [0.2, 0.25) is 0 Å². The van der Waals surface area contributed by atoms with Crippen molar-refractivity contribution in [2.45, 2.75) is 88.1 Å². The van der Waals surface area contributed by atoms with Gasteiger partial charge in [0, 0.05) is 6.61 Å². The van der Waals surface area contributed by atoms with Gasteiger partial charge in [0.15, 0.2) is 20.9 Å². The van der Waals surface area contributed by atoms with E-state index in [-0.39, 0.29) is 12.9 Å². The van der Waals surface area contributed by atoms with Crippen molar-refractivity contribution in [3.05, 3.63) is 0 Å². The lowest BCUT2D eigenvalue weighted by molar-refractivity contribution is -0.165. The molecule has 1 aliphatic carbocycles. The summed E-state index contributed by atoms with van der Waals surface area (Å²) in [6, 6.07) is 0. The zero-order chi connectivity index (χ0) is 18.2. The van der Waals surface area contributed by atoms with E-state index in [1.165, 1.54) is 0 Å². The number of esters is 1. The van der Waals surface area contributed by atoms with Crippen LogP contribution >= 0.6 is 0 Å². The van der Waals surface area contributed by atoms with Crippen LogP contribution in [0.4, 0.5) is 0 Å². The van der Waals surface area contributed by atoms with Crippen LogP contribution in [0, 0.1) is 0 Å². The van der Waals surface area contributed by atoms with E-state index >= 15 is 0 Å². The molecular weight excluding hydrogens is 332 g/mol. The van der Waals surface area contributed by atoms with Gasteiger partial charge in [-0.2, -0.15) is 0 Å². The molecule has 0 aromatic rings. The molecule has 0 aromatic carbocycles. The highest BCUT2D eigenvalue weighted by Crippen LogP contribution is 2.49. The summed E-state index contributed by atoms with van der Waals surface area (Å²) in [6.45, 7) is 9.07. The second kappa shape index (κ2) is 6.57. The smallest absolute Gasteiger partial charge is 0.328 e. The van der Waals surface area contributed by atoms with E-state index in [1.807, 2.05) is 0 Å². The molecule has 0 aromatic heterocycles. The molecule has 1 saturated heterocycles. The average molecular weight is 362 g/mol. The van der Waals surface area contributed by atoms with Crippen LogP contribution in [0.25, 0.3) is 0 Å². The van der Waals surface area contributed by atoms with E-state index in [9.17, 15) is 13.2 Å². The van der Waals surface area contributed by atoms with Gasteiger partial charge in [0.1, 0.15) is 5.60 Å². The lowest BCUT2D eigenvalue weighted by Crippen LogP contribution is -2.50. The van der Waals surface area contributed by atoms with Crippen LogP contribution in [0.2, 0.25) is 0 Å². The molecule has 140 valence electrons. The number of ether oxygens (including phenoxy) is 3. The summed E-state index contributed by atoms with van der Waals surface area (Å²) in [7, 11) is -3.75. The van der Waals surface area contributed by atoms with E-state index in [0.717, 1.165) is 19.3 Å². The van der Waals surface area contributed by atoms with Crippen molar-refractivity contribution in [2.24, 2.45) is 0 Å². The number of carbonyl (C=O) groups is 1. The molecule has 0 spiro atoms. The van der Waals surface area contributed by atoms with Gasteiger partial charge in [0.25, 0.3) is 0 Å². The summed E-state index contributed by atoms with van der Waals surface area (Å²) >= 11 is 0. The van der Waals surface area contributed by atoms with E-state index in [0.29, 0.717) is 19.4 Å². The highest BCUT2D eigenvalue weighted by molar-refractivity contribution is 7.95. The van der Waals surface area contributed by atoms with E-state index in [1.54, 1.807) is 34.6 Å². The quantitative estimate of drug-likeness (QED) is 0.676. The normalized spacial score (nSPS) is 24.5. The van der Waals surface area contributed by atoms with Crippen LogP contribution in [-0.4, -0.2) is 49.0 Å². The van der Waals surface area contributed by atoms with Gasteiger partial charge in [-0.15, -0.1) is 0 Å². The van der Waals surface area contributed by atoms with Crippen LogP contribution in [-0.2, 0) is 28.8 Å². The fraction of sp³-hybridized carbons (Fsp3) is 0.941. The molecule has 7 heteroatoms. The van der Waals surface area contributed by atoms with Crippen molar-refractivity contribution in [1.82, 2.24) is 0 Å². The average Bonchev–Trinajstić information content (AvgIpc) is 3.26. The lowest BCUT2D eigenvalue weighted by Gasteiger charge is -2.32. The molecular formula is C17H30O6S. The number of hydrogen-bond donors (Lipinski definition) is 0. The minimum absolute atomic E-state index is 0.00451. The highest BCUT2D eigenvalue weighted by atomic mass is 32.2. The predicted molar refractivity (Wildman–Crippen MR) is 90.4 cm³/mol. The summed E-state index contributed by atoms with van der Waals surface area (Å²) in [5.41, 5.74) is -0.710. The maximum absolute atomic E-state index is 13.1. The summed E-state index contributed by atoms with van der Waals surface area (Å²) < 4.78 is 40.2. The Bertz CT molecular complexity index is 562. The van der Waals surface area contributed by atoms with Gasteiger partial charge in [-0.05, 0) is 66.7 Å². The van der Waals surface area contributed by atoms with Crippen LogP contribution < -0.4 is 0 Å². The molecule has 2 fully saturated rings. The van der Waals surface area contributed by atoms with Gasteiger partial charge >= 0.3 is 5.97 Å². The van der Waals surface area contributed by atoms with Gasteiger partial charge in [-0.3, -0.25) is 4.79 Å². The van der Waals surface area contributed by atoms with Crippen LogP contribution in [0.5, 0.6) is 0 Å². The fourth-order valence-corrected chi connectivity index (χ4v) is 4.99.